The molecule has 2 aliphatic heterocycles. The summed E-state index contributed by atoms with van der Waals surface area (Å²) in [7, 11) is 0. The SMILES string of the molecule is O=C(c1c(-c2ccccc2F)nn2c1COCC2)N1CCC[C@H]1Cn1cc(-c2ccccc2)cn1. The molecule has 1 fully saturated rings. The first-order valence-electron chi connectivity index (χ1n) is 12.0. The number of aromatic nitrogens is 4. The molecule has 6 rings (SSSR count). The summed E-state index contributed by atoms with van der Waals surface area (Å²) in [4.78, 5) is 15.9. The average Bonchev–Trinajstić information content (AvgIpc) is 3.63. The van der Waals surface area contributed by atoms with E-state index < -0.39 is 0 Å². The van der Waals surface area contributed by atoms with E-state index in [2.05, 4.69) is 22.3 Å². The molecular weight excluding hydrogens is 445 g/mol. The van der Waals surface area contributed by atoms with E-state index in [1.807, 2.05) is 40.2 Å². The molecule has 1 amide bonds. The summed E-state index contributed by atoms with van der Waals surface area (Å²) >= 11 is 0. The van der Waals surface area contributed by atoms with Crippen LogP contribution in [-0.2, 0) is 24.4 Å². The minimum absolute atomic E-state index is 0.000414. The second kappa shape index (κ2) is 9.11. The molecule has 0 aliphatic carbocycles. The van der Waals surface area contributed by atoms with E-state index >= 15 is 0 Å². The van der Waals surface area contributed by atoms with Gasteiger partial charge >= 0.3 is 0 Å². The van der Waals surface area contributed by atoms with Gasteiger partial charge in [0.05, 0.1) is 49.8 Å². The number of carbonyl (C=O) groups excluding carboxylic acids is 1. The first-order chi connectivity index (χ1) is 17.2. The van der Waals surface area contributed by atoms with Crippen molar-refractivity contribution >= 4 is 5.91 Å². The Labute approximate surface area is 202 Å². The quantitative estimate of drug-likeness (QED) is 0.433. The number of benzene rings is 2. The first-order valence-corrected chi connectivity index (χ1v) is 12.0. The van der Waals surface area contributed by atoms with Crippen LogP contribution >= 0.6 is 0 Å². The Morgan fingerprint density at radius 3 is 2.74 bits per heavy atom. The fourth-order valence-corrected chi connectivity index (χ4v) is 5.11. The number of fused-ring (bicyclic) bond motifs is 1. The molecule has 0 saturated carbocycles. The van der Waals surface area contributed by atoms with Crippen LogP contribution in [0.4, 0.5) is 4.39 Å². The lowest BCUT2D eigenvalue weighted by atomic mass is 10.0. The maximum absolute atomic E-state index is 14.7. The summed E-state index contributed by atoms with van der Waals surface area (Å²) in [5, 5.41) is 9.20. The summed E-state index contributed by atoms with van der Waals surface area (Å²) in [5.41, 5.74) is 4.06. The maximum atomic E-state index is 14.7. The zero-order valence-electron chi connectivity index (χ0n) is 19.3. The lowest BCUT2D eigenvalue weighted by molar-refractivity contribution is 0.0675. The molecular formula is C27H26FN5O2. The molecule has 2 aliphatic rings. The molecule has 1 saturated heterocycles. The number of likely N-dealkylation sites (tertiary alicyclic amines) is 1. The highest BCUT2D eigenvalue weighted by Crippen LogP contribution is 2.33. The first kappa shape index (κ1) is 21.7. The van der Waals surface area contributed by atoms with Gasteiger partial charge in [0, 0.05) is 23.9 Å². The molecule has 4 heterocycles. The Bertz CT molecular complexity index is 1360. The van der Waals surface area contributed by atoms with Gasteiger partial charge in [-0.15, -0.1) is 0 Å². The summed E-state index contributed by atoms with van der Waals surface area (Å²) in [5.74, 6) is -0.506. The highest BCUT2D eigenvalue weighted by molar-refractivity contribution is 6.01. The molecule has 0 N–H and O–H groups in total. The fourth-order valence-electron chi connectivity index (χ4n) is 5.11. The van der Waals surface area contributed by atoms with E-state index in [0.717, 1.165) is 29.7 Å². The van der Waals surface area contributed by atoms with Crippen LogP contribution in [0.1, 0.15) is 28.9 Å². The second-order valence-corrected chi connectivity index (χ2v) is 9.04. The standard InChI is InChI=1S/C27H26FN5O2/c28-23-11-5-4-10-22(23)26-25(24-18-35-14-13-33(24)30-26)27(34)32-12-6-9-21(32)17-31-16-20(15-29-31)19-7-2-1-3-8-19/h1-5,7-8,10-11,15-16,21H,6,9,12-14,17-18H2/t21-/m0/s1. The Morgan fingerprint density at radius 1 is 1.06 bits per heavy atom. The summed E-state index contributed by atoms with van der Waals surface area (Å²) in [6.45, 7) is 2.62. The predicted octanol–water partition coefficient (Wildman–Crippen LogP) is 4.39. The minimum atomic E-state index is -0.388. The second-order valence-electron chi connectivity index (χ2n) is 9.04. The largest absolute Gasteiger partial charge is 0.373 e. The number of rotatable bonds is 5. The molecule has 4 aromatic rings. The van der Waals surface area contributed by atoms with E-state index in [1.165, 1.54) is 6.07 Å². The van der Waals surface area contributed by atoms with Crippen molar-refractivity contribution in [2.45, 2.75) is 38.6 Å². The van der Waals surface area contributed by atoms with Crippen LogP contribution in [0.5, 0.6) is 0 Å². The van der Waals surface area contributed by atoms with Crippen molar-refractivity contribution in [2.75, 3.05) is 13.2 Å². The Morgan fingerprint density at radius 2 is 1.89 bits per heavy atom. The van der Waals surface area contributed by atoms with Gasteiger partial charge in [0.15, 0.2) is 0 Å². The molecule has 2 aromatic carbocycles. The summed E-state index contributed by atoms with van der Waals surface area (Å²) < 4.78 is 24.1. The van der Waals surface area contributed by atoms with Crippen LogP contribution in [0.15, 0.2) is 67.0 Å². The third-order valence-corrected chi connectivity index (χ3v) is 6.86. The van der Waals surface area contributed by atoms with E-state index in [1.54, 1.807) is 22.9 Å². The van der Waals surface area contributed by atoms with Gasteiger partial charge in [0.2, 0.25) is 0 Å². The van der Waals surface area contributed by atoms with Gasteiger partial charge < -0.3 is 9.64 Å². The van der Waals surface area contributed by atoms with E-state index in [4.69, 9.17) is 4.74 Å². The lowest BCUT2D eigenvalue weighted by Gasteiger charge is -2.26. The molecule has 0 bridgehead atoms. The molecule has 0 spiro atoms. The highest BCUT2D eigenvalue weighted by Gasteiger charge is 2.36. The minimum Gasteiger partial charge on any atom is -0.373 e. The maximum Gasteiger partial charge on any atom is 0.258 e. The normalized spacial score (nSPS) is 17.5. The molecule has 8 heteroatoms. The van der Waals surface area contributed by atoms with Gasteiger partial charge in [-0.05, 0) is 30.5 Å². The summed E-state index contributed by atoms with van der Waals surface area (Å²) in [6, 6.07) is 16.6. The van der Waals surface area contributed by atoms with Crippen molar-refractivity contribution in [1.82, 2.24) is 24.5 Å². The van der Waals surface area contributed by atoms with Gasteiger partial charge in [-0.25, -0.2) is 4.39 Å². The van der Waals surface area contributed by atoms with Crippen LogP contribution in [0.3, 0.4) is 0 Å². The van der Waals surface area contributed by atoms with Gasteiger partial charge in [0.25, 0.3) is 5.91 Å². The monoisotopic (exact) mass is 471 g/mol. The average molecular weight is 472 g/mol. The number of ether oxygens (including phenoxy) is 1. The van der Waals surface area contributed by atoms with Crippen LogP contribution < -0.4 is 0 Å². The van der Waals surface area contributed by atoms with Crippen LogP contribution in [0.25, 0.3) is 22.4 Å². The van der Waals surface area contributed by atoms with Crippen molar-refractivity contribution in [1.29, 1.82) is 0 Å². The Hall–Kier alpha value is -3.78. The van der Waals surface area contributed by atoms with Crippen LogP contribution in [-0.4, -0.2) is 49.6 Å². The molecule has 7 nitrogen and oxygen atoms in total. The smallest absolute Gasteiger partial charge is 0.258 e. The van der Waals surface area contributed by atoms with Gasteiger partial charge in [-0.2, -0.15) is 10.2 Å². The number of hydrogen-bond donors (Lipinski definition) is 0. The third-order valence-electron chi connectivity index (χ3n) is 6.86. The zero-order valence-corrected chi connectivity index (χ0v) is 19.3. The number of nitrogens with zero attached hydrogens (tertiary/aromatic N) is 5. The molecule has 2 aromatic heterocycles. The predicted molar refractivity (Wildman–Crippen MR) is 129 cm³/mol. The van der Waals surface area contributed by atoms with Crippen LogP contribution in [0, 0.1) is 5.82 Å². The van der Waals surface area contributed by atoms with Gasteiger partial charge in [0.1, 0.15) is 11.5 Å². The Kier molecular flexibility index (Phi) is 5.66. The molecule has 0 radical (unpaired) electrons. The van der Waals surface area contributed by atoms with Crippen molar-refractivity contribution in [2.24, 2.45) is 0 Å². The molecule has 1 atom stereocenters. The fraction of sp³-hybridized carbons (Fsp3) is 0.296. The number of hydrogen-bond acceptors (Lipinski definition) is 4. The molecule has 0 unspecified atom stereocenters. The number of carbonyl (C=O) groups is 1. The third kappa shape index (κ3) is 4.04. The van der Waals surface area contributed by atoms with E-state index in [9.17, 15) is 9.18 Å². The van der Waals surface area contributed by atoms with E-state index in [0.29, 0.717) is 49.7 Å². The van der Waals surface area contributed by atoms with Crippen LogP contribution in [0.2, 0.25) is 0 Å². The topological polar surface area (TPSA) is 65.2 Å². The molecule has 178 valence electrons. The van der Waals surface area contributed by atoms with Crippen molar-refractivity contribution in [3.8, 4) is 22.4 Å². The molecule has 35 heavy (non-hydrogen) atoms. The van der Waals surface area contributed by atoms with E-state index in [-0.39, 0.29) is 17.8 Å². The zero-order chi connectivity index (χ0) is 23.8. The number of halogens is 1. The van der Waals surface area contributed by atoms with Gasteiger partial charge in [-0.3, -0.25) is 14.2 Å². The van der Waals surface area contributed by atoms with Crippen molar-refractivity contribution < 1.29 is 13.9 Å². The van der Waals surface area contributed by atoms with Crippen molar-refractivity contribution in [3.63, 3.8) is 0 Å². The number of amides is 1. The highest BCUT2D eigenvalue weighted by atomic mass is 19.1. The Balaban J connectivity index is 1.31. The summed E-state index contributed by atoms with van der Waals surface area (Å²) in [6.07, 6.45) is 5.69. The van der Waals surface area contributed by atoms with Crippen molar-refractivity contribution in [3.05, 3.63) is 84.1 Å². The lowest BCUT2D eigenvalue weighted by Crippen LogP contribution is -2.39. The van der Waals surface area contributed by atoms with Gasteiger partial charge in [-0.1, -0.05) is 42.5 Å².